The molecule has 25 heavy (non-hydrogen) atoms. The monoisotopic (exact) mass is 389 g/mol. The fourth-order valence-electron chi connectivity index (χ4n) is 2.47. The average molecular weight is 389 g/mol. The largest absolute Gasteiger partial charge is 0.348 e. The Kier molecular flexibility index (Phi) is 6.20. The van der Waals surface area contributed by atoms with E-state index < -0.39 is 31.8 Å². The second kappa shape index (κ2) is 7.81. The molecule has 1 aromatic rings. The summed E-state index contributed by atoms with van der Waals surface area (Å²) in [5.41, 5.74) is 0.180. The molecule has 0 spiro atoms. The predicted molar refractivity (Wildman–Crippen MR) is 94.7 cm³/mol. The number of carbonyl (C=O) groups is 1. The Hall–Kier alpha value is -1.49. The summed E-state index contributed by atoms with van der Waals surface area (Å²) in [5.74, 6) is -0.502. The maximum atomic E-state index is 12.3. The number of sulfone groups is 1. The lowest BCUT2D eigenvalue weighted by Crippen LogP contribution is -2.35. The molecule has 1 unspecified atom stereocenters. The highest BCUT2D eigenvalue weighted by atomic mass is 32.2. The fraction of sp³-hybridized carbons (Fsp3) is 0.533. The summed E-state index contributed by atoms with van der Waals surface area (Å²) in [4.78, 5) is 14.1. The van der Waals surface area contributed by atoms with E-state index in [1.165, 1.54) is 24.3 Å². The number of rotatable bonds is 7. The van der Waals surface area contributed by atoms with E-state index in [4.69, 9.17) is 0 Å². The second-order valence-electron chi connectivity index (χ2n) is 6.30. The van der Waals surface area contributed by atoms with Crippen molar-refractivity contribution >= 4 is 25.8 Å². The minimum Gasteiger partial charge on any atom is -0.348 e. The van der Waals surface area contributed by atoms with Crippen LogP contribution in [-0.4, -0.2) is 72.4 Å². The number of hydrogen-bond donors (Lipinski definition) is 2. The third-order valence-corrected chi connectivity index (χ3v) is 7.05. The van der Waals surface area contributed by atoms with Crippen LogP contribution in [0.2, 0.25) is 0 Å². The van der Waals surface area contributed by atoms with E-state index in [1.54, 1.807) is 0 Å². The second-order valence-corrected chi connectivity index (χ2v) is 10.3. The van der Waals surface area contributed by atoms with Gasteiger partial charge in [-0.05, 0) is 38.7 Å². The number of nitrogens with one attached hydrogen (secondary N) is 2. The van der Waals surface area contributed by atoms with Crippen molar-refractivity contribution in [2.45, 2.75) is 17.4 Å². The molecule has 2 rings (SSSR count). The maximum absolute atomic E-state index is 12.3. The smallest absolute Gasteiger partial charge is 0.251 e. The Morgan fingerprint density at radius 2 is 2.04 bits per heavy atom. The van der Waals surface area contributed by atoms with E-state index in [-0.39, 0.29) is 28.5 Å². The van der Waals surface area contributed by atoms with Gasteiger partial charge in [0, 0.05) is 24.7 Å². The van der Waals surface area contributed by atoms with Crippen molar-refractivity contribution in [3.8, 4) is 0 Å². The van der Waals surface area contributed by atoms with Crippen molar-refractivity contribution in [2.24, 2.45) is 0 Å². The molecule has 8 nitrogen and oxygen atoms in total. The van der Waals surface area contributed by atoms with Crippen LogP contribution in [0.4, 0.5) is 0 Å². The molecule has 1 saturated heterocycles. The number of sulfonamides is 1. The van der Waals surface area contributed by atoms with Crippen LogP contribution in [-0.2, 0) is 19.9 Å². The zero-order chi connectivity index (χ0) is 18.7. The lowest BCUT2D eigenvalue weighted by atomic mass is 10.2. The Balaban J connectivity index is 2.06. The average Bonchev–Trinajstić information content (AvgIpc) is 2.85. The van der Waals surface area contributed by atoms with Gasteiger partial charge in [-0.25, -0.2) is 21.6 Å². The third kappa shape index (κ3) is 5.77. The first-order valence-corrected chi connectivity index (χ1v) is 11.2. The number of carbonyl (C=O) groups excluding carboxylic acids is 1. The molecular weight excluding hydrogens is 366 g/mol. The number of hydrogen-bond acceptors (Lipinski definition) is 6. The summed E-state index contributed by atoms with van der Waals surface area (Å²) in [5, 5.41) is 2.65. The first kappa shape index (κ1) is 19.8. The SMILES string of the molecule is CN(C)CCNS(=O)(=O)c1cccc(C(=O)NC2CCS(=O)(=O)C2)c1. The molecule has 1 aliphatic rings. The van der Waals surface area contributed by atoms with Gasteiger partial charge in [-0.3, -0.25) is 4.79 Å². The molecule has 0 saturated carbocycles. The van der Waals surface area contributed by atoms with E-state index in [1.807, 2.05) is 19.0 Å². The lowest BCUT2D eigenvalue weighted by Gasteiger charge is -2.13. The Bertz CT molecular complexity index is 834. The van der Waals surface area contributed by atoms with Gasteiger partial charge in [-0.2, -0.15) is 0 Å². The molecule has 1 aliphatic heterocycles. The highest BCUT2D eigenvalue weighted by molar-refractivity contribution is 7.91. The standard InChI is InChI=1S/C15H23N3O5S2/c1-18(2)8-7-16-25(22,23)14-5-3-4-12(10-14)15(19)17-13-6-9-24(20,21)11-13/h3-5,10,13,16H,6-9,11H2,1-2H3,(H,17,19). The number of likely N-dealkylation sites (N-methyl/N-ethyl adjacent to an activating group) is 1. The quantitative estimate of drug-likeness (QED) is 0.647. The minimum absolute atomic E-state index is 0.00190. The molecule has 0 bridgehead atoms. The molecule has 1 atom stereocenters. The highest BCUT2D eigenvalue weighted by Gasteiger charge is 2.29. The van der Waals surface area contributed by atoms with Crippen molar-refractivity contribution in [2.75, 3.05) is 38.7 Å². The van der Waals surface area contributed by atoms with Gasteiger partial charge < -0.3 is 10.2 Å². The summed E-state index contributed by atoms with van der Waals surface area (Å²) >= 11 is 0. The van der Waals surface area contributed by atoms with E-state index in [2.05, 4.69) is 10.0 Å². The molecule has 10 heteroatoms. The van der Waals surface area contributed by atoms with Crippen LogP contribution in [0.15, 0.2) is 29.2 Å². The summed E-state index contributed by atoms with van der Waals surface area (Å²) in [6.45, 7) is 0.807. The first-order chi connectivity index (χ1) is 11.6. The summed E-state index contributed by atoms with van der Waals surface area (Å²) in [7, 11) is -3.14. The van der Waals surface area contributed by atoms with Gasteiger partial charge in [0.15, 0.2) is 9.84 Å². The fourth-order valence-corrected chi connectivity index (χ4v) is 5.21. The van der Waals surface area contributed by atoms with Crippen molar-refractivity contribution in [3.05, 3.63) is 29.8 Å². The number of amides is 1. The topological polar surface area (TPSA) is 113 Å². The van der Waals surface area contributed by atoms with Crippen molar-refractivity contribution in [1.29, 1.82) is 0 Å². The number of benzene rings is 1. The maximum Gasteiger partial charge on any atom is 0.251 e. The number of nitrogens with zero attached hydrogens (tertiary/aromatic N) is 1. The van der Waals surface area contributed by atoms with Crippen molar-refractivity contribution < 1.29 is 21.6 Å². The van der Waals surface area contributed by atoms with E-state index >= 15 is 0 Å². The molecule has 1 heterocycles. The molecule has 2 N–H and O–H groups in total. The molecule has 0 aliphatic carbocycles. The van der Waals surface area contributed by atoms with Gasteiger partial charge >= 0.3 is 0 Å². The van der Waals surface area contributed by atoms with Crippen molar-refractivity contribution in [3.63, 3.8) is 0 Å². The molecule has 1 aromatic carbocycles. The van der Waals surface area contributed by atoms with Crippen LogP contribution >= 0.6 is 0 Å². The van der Waals surface area contributed by atoms with Gasteiger partial charge in [-0.1, -0.05) is 6.07 Å². The van der Waals surface area contributed by atoms with Gasteiger partial charge in [-0.15, -0.1) is 0 Å². The summed E-state index contributed by atoms with van der Waals surface area (Å²) < 4.78 is 49.9. The molecule has 1 amide bonds. The lowest BCUT2D eigenvalue weighted by molar-refractivity contribution is 0.0941. The first-order valence-electron chi connectivity index (χ1n) is 7.85. The van der Waals surface area contributed by atoms with E-state index in [0.717, 1.165) is 0 Å². The molecule has 0 radical (unpaired) electrons. The van der Waals surface area contributed by atoms with Crippen LogP contribution in [0.1, 0.15) is 16.8 Å². The predicted octanol–water partition coefficient (Wildman–Crippen LogP) is -0.557. The highest BCUT2D eigenvalue weighted by Crippen LogP contribution is 2.14. The van der Waals surface area contributed by atoms with Gasteiger partial charge in [0.1, 0.15) is 0 Å². The molecule has 140 valence electrons. The van der Waals surface area contributed by atoms with Crippen LogP contribution in [0.5, 0.6) is 0 Å². The zero-order valence-corrected chi connectivity index (χ0v) is 15.9. The Morgan fingerprint density at radius 3 is 2.64 bits per heavy atom. The summed E-state index contributed by atoms with van der Waals surface area (Å²) in [6, 6.07) is 5.25. The molecule has 1 fully saturated rings. The van der Waals surface area contributed by atoms with Gasteiger partial charge in [0.05, 0.1) is 16.4 Å². The van der Waals surface area contributed by atoms with Crippen LogP contribution in [0.3, 0.4) is 0 Å². The normalized spacial score (nSPS) is 19.9. The molecule has 0 aromatic heterocycles. The van der Waals surface area contributed by atoms with E-state index in [9.17, 15) is 21.6 Å². The van der Waals surface area contributed by atoms with Crippen molar-refractivity contribution in [1.82, 2.24) is 14.9 Å². The Labute approximate surface area is 148 Å². The molecular formula is C15H23N3O5S2. The minimum atomic E-state index is -3.71. The Morgan fingerprint density at radius 1 is 1.32 bits per heavy atom. The van der Waals surface area contributed by atoms with E-state index in [0.29, 0.717) is 13.0 Å². The summed E-state index contributed by atoms with van der Waals surface area (Å²) in [6.07, 6.45) is 0.373. The van der Waals surface area contributed by atoms with Crippen LogP contribution < -0.4 is 10.0 Å². The third-order valence-electron chi connectivity index (χ3n) is 3.83. The van der Waals surface area contributed by atoms with Crippen LogP contribution in [0, 0.1) is 0 Å². The van der Waals surface area contributed by atoms with Crippen LogP contribution in [0.25, 0.3) is 0 Å². The van der Waals surface area contributed by atoms with Gasteiger partial charge in [0.25, 0.3) is 5.91 Å². The zero-order valence-electron chi connectivity index (χ0n) is 14.2. The van der Waals surface area contributed by atoms with Gasteiger partial charge in [0.2, 0.25) is 10.0 Å².